The van der Waals surface area contributed by atoms with E-state index in [1.54, 1.807) is 24.7 Å². The first-order valence-electron chi connectivity index (χ1n) is 14.7. The number of aromatic amines is 1. The molecule has 2 atom stereocenters. The van der Waals surface area contributed by atoms with E-state index in [-0.39, 0.29) is 0 Å². The molecule has 0 saturated carbocycles. The Balaban J connectivity index is 0.986. The lowest BCUT2D eigenvalue weighted by Gasteiger charge is -2.56. The van der Waals surface area contributed by atoms with Crippen molar-refractivity contribution in [3.63, 3.8) is 0 Å². The Kier molecular flexibility index (Phi) is 6.78. The van der Waals surface area contributed by atoms with Gasteiger partial charge in [-0.15, -0.1) is 0 Å². The molecular weight excluding hydrogens is 540 g/mol. The number of fused-ring (bicyclic) bond motifs is 2. The number of hydrogen-bond donors (Lipinski definition) is 2. The molecule has 11 nitrogen and oxygen atoms in total. The minimum absolute atomic E-state index is 0.487. The third-order valence-corrected chi connectivity index (χ3v) is 8.36. The molecule has 0 radical (unpaired) electrons. The largest absolute Gasteiger partial charge is 0.384 e. The fourth-order valence-electron chi connectivity index (χ4n) is 6.24. The number of nitrogens with zero attached hydrogens (tertiary/aromatic N) is 9. The normalized spacial score (nSPS) is 18.6. The second-order valence-electron chi connectivity index (χ2n) is 12.3. The molecule has 0 spiro atoms. The van der Waals surface area contributed by atoms with Crippen LogP contribution in [0.25, 0.3) is 17.2 Å². The van der Waals surface area contributed by atoms with Crippen LogP contribution in [0.2, 0.25) is 0 Å². The maximum atomic E-state index is 10.4. The first-order valence-corrected chi connectivity index (χ1v) is 14.7. The van der Waals surface area contributed by atoms with E-state index in [1.807, 2.05) is 50.5 Å². The Morgan fingerprint density at radius 1 is 0.930 bits per heavy atom. The number of rotatable bonds is 8. The molecule has 43 heavy (non-hydrogen) atoms. The van der Waals surface area contributed by atoms with Crippen LogP contribution in [0.3, 0.4) is 0 Å². The number of piperidine rings is 1. The molecule has 2 bridgehead atoms. The molecule has 3 aliphatic rings. The number of pyridine rings is 2. The zero-order valence-electron chi connectivity index (χ0n) is 24.9. The van der Waals surface area contributed by atoms with Gasteiger partial charge in [0.2, 0.25) is 0 Å². The number of piperazine rings is 1. The van der Waals surface area contributed by atoms with Gasteiger partial charge in [0.05, 0.1) is 17.1 Å². The number of aryl methyl sites for hydroxylation is 2. The molecule has 220 valence electrons. The molecule has 2 N–H and O–H groups in total. The predicted molar refractivity (Wildman–Crippen MR) is 163 cm³/mol. The summed E-state index contributed by atoms with van der Waals surface area (Å²) in [5, 5.41) is 22.2. The number of anilines is 1. The topological polar surface area (TPSA) is 125 Å². The van der Waals surface area contributed by atoms with Gasteiger partial charge in [-0.05, 0) is 76.1 Å². The molecule has 11 heteroatoms. The average Bonchev–Trinajstić information content (AvgIpc) is 3.65. The van der Waals surface area contributed by atoms with Crippen LogP contribution in [0.15, 0.2) is 61.1 Å². The molecule has 3 saturated heterocycles. The highest BCUT2D eigenvalue weighted by molar-refractivity contribution is 5.57. The number of aliphatic hydroxyl groups is 1. The van der Waals surface area contributed by atoms with E-state index >= 15 is 0 Å². The van der Waals surface area contributed by atoms with Crippen molar-refractivity contribution in [2.45, 2.75) is 64.8 Å². The summed E-state index contributed by atoms with van der Waals surface area (Å²) in [4.78, 5) is 23.9. The Bertz CT molecular complexity index is 1720. The van der Waals surface area contributed by atoms with Crippen molar-refractivity contribution < 1.29 is 5.11 Å². The lowest BCUT2D eigenvalue weighted by atomic mass is 9.87. The summed E-state index contributed by atoms with van der Waals surface area (Å²) < 4.78 is 1.70. The fourth-order valence-corrected chi connectivity index (χ4v) is 6.24. The monoisotopic (exact) mass is 576 g/mol. The van der Waals surface area contributed by atoms with Crippen LogP contribution < -0.4 is 4.90 Å². The second kappa shape index (κ2) is 10.7. The van der Waals surface area contributed by atoms with Gasteiger partial charge in [-0.1, -0.05) is 6.07 Å². The quantitative estimate of drug-likeness (QED) is 0.284. The molecule has 0 aliphatic carbocycles. The maximum absolute atomic E-state index is 10.4. The predicted octanol–water partition coefficient (Wildman–Crippen LogP) is 3.74. The number of hydrogen-bond acceptors (Lipinski definition) is 9. The van der Waals surface area contributed by atoms with Crippen molar-refractivity contribution in [3.05, 3.63) is 95.1 Å². The molecule has 3 fully saturated rings. The summed E-state index contributed by atoms with van der Waals surface area (Å²) >= 11 is 0. The van der Waals surface area contributed by atoms with Crippen LogP contribution in [0.1, 0.15) is 54.3 Å². The number of H-pyrrole nitrogens is 1. The average molecular weight is 577 g/mol. The highest BCUT2D eigenvalue weighted by atomic mass is 16.3. The maximum Gasteiger partial charge on any atom is 0.161 e. The molecule has 3 aliphatic heterocycles. The zero-order valence-corrected chi connectivity index (χ0v) is 24.9. The van der Waals surface area contributed by atoms with Gasteiger partial charge >= 0.3 is 0 Å². The van der Waals surface area contributed by atoms with E-state index in [4.69, 9.17) is 9.97 Å². The van der Waals surface area contributed by atoms with E-state index in [2.05, 4.69) is 53.3 Å². The molecule has 2 unspecified atom stereocenters. The minimum atomic E-state index is -0.995. The summed E-state index contributed by atoms with van der Waals surface area (Å²) in [5.41, 5.74) is 5.68. The van der Waals surface area contributed by atoms with E-state index < -0.39 is 5.60 Å². The van der Waals surface area contributed by atoms with Crippen LogP contribution >= 0.6 is 0 Å². The first kappa shape index (κ1) is 27.4. The molecule has 0 aromatic carbocycles. The van der Waals surface area contributed by atoms with Gasteiger partial charge in [-0.3, -0.25) is 10.00 Å². The highest BCUT2D eigenvalue weighted by Crippen LogP contribution is 2.35. The Hall–Kier alpha value is -4.48. The van der Waals surface area contributed by atoms with Crippen molar-refractivity contribution in [1.82, 2.24) is 44.8 Å². The van der Waals surface area contributed by atoms with Crippen molar-refractivity contribution in [3.8, 4) is 17.2 Å². The van der Waals surface area contributed by atoms with Crippen molar-refractivity contribution in [2.24, 2.45) is 0 Å². The van der Waals surface area contributed by atoms with E-state index in [0.717, 1.165) is 53.8 Å². The highest BCUT2D eigenvalue weighted by Gasteiger charge is 2.44. The van der Waals surface area contributed by atoms with E-state index in [1.165, 1.54) is 12.0 Å². The van der Waals surface area contributed by atoms with Crippen molar-refractivity contribution in [2.75, 3.05) is 18.0 Å². The zero-order chi connectivity index (χ0) is 29.7. The van der Waals surface area contributed by atoms with E-state index in [9.17, 15) is 5.11 Å². The third kappa shape index (κ3) is 5.53. The molecule has 8 heterocycles. The summed E-state index contributed by atoms with van der Waals surface area (Å²) in [6, 6.07) is 15.1. The molecule has 0 amide bonds. The first-order chi connectivity index (χ1) is 20.7. The standard InChI is InChI=1S/C32H36N10O/c1-20-11-24(13-25-12-21(2)38-39-25)37-31(36-20)23-6-8-29(34-16-23)40-18-26-14-27(19-40)41(26)17-22-5-7-30(33-15-22)42-28(9-10-35-42)32(3,4)43/h5-12,15-16,26-27,43H,13-14,17-19H2,1-4H3,(H,38,39). The van der Waals surface area contributed by atoms with Crippen LogP contribution in [-0.2, 0) is 18.6 Å². The SMILES string of the molecule is Cc1cc(Cc2cc(C)[nH]n2)nc(-c2ccc(N3CC4CC(C3)N4Cc3ccc(-n4nccc4C(C)(C)O)nc3)nc2)n1. The summed E-state index contributed by atoms with van der Waals surface area (Å²) in [5.74, 6) is 2.39. The van der Waals surface area contributed by atoms with Crippen LogP contribution in [0.5, 0.6) is 0 Å². The Morgan fingerprint density at radius 2 is 1.72 bits per heavy atom. The third-order valence-electron chi connectivity index (χ3n) is 8.36. The van der Waals surface area contributed by atoms with Gasteiger partial charge in [0.1, 0.15) is 11.4 Å². The minimum Gasteiger partial charge on any atom is -0.384 e. The van der Waals surface area contributed by atoms with Crippen molar-refractivity contribution >= 4 is 5.82 Å². The second-order valence-corrected chi connectivity index (χ2v) is 12.3. The van der Waals surface area contributed by atoms with E-state index in [0.29, 0.717) is 35.8 Å². The lowest BCUT2D eigenvalue weighted by molar-refractivity contribution is -0.00875. The molecule has 5 aromatic heterocycles. The summed E-state index contributed by atoms with van der Waals surface area (Å²) in [6.07, 6.45) is 7.37. The molecular formula is C32H36N10O. The van der Waals surface area contributed by atoms with Gasteiger partial charge in [-0.25, -0.2) is 24.6 Å². The summed E-state index contributed by atoms with van der Waals surface area (Å²) in [7, 11) is 0. The van der Waals surface area contributed by atoms with Gasteiger partial charge in [0.25, 0.3) is 0 Å². The smallest absolute Gasteiger partial charge is 0.161 e. The summed E-state index contributed by atoms with van der Waals surface area (Å²) in [6.45, 7) is 10.3. The van der Waals surface area contributed by atoms with Crippen LogP contribution in [-0.4, -0.2) is 75.1 Å². The van der Waals surface area contributed by atoms with Gasteiger partial charge in [0, 0.05) is 73.7 Å². The molecule has 8 rings (SSSR count). The van der Waals surface area contributed by atoms with Crippen LogP contribution in [0.4, 0.5) is 5.82 Å². The number of nitrogens with one attached hydrogen (secondary N) is 1. The Labute approximate surface area is 250 Å². The van der Waals surface area contributed by atoms with Crippen LogP contribution in [0, 0.1) is 13.8 Å². The van der Waals surface area contributed by atoms with Crippen molar-refractivity contribution in [1.29, 1.82) is 0 Å². The lowest BCUT2D eigenvalue weighted by Crippen LogP contribution is -2.68. The van der Waals surface area contributed by atoms with Gasteiger partial charge < -0.3 is 10.0 Å². The number of aromatic nitrogens is 8. The van der Waals surface area contributed by atoms with Gasteiger partial charge in [0.15, 0.2) is 11.6 Å². The molecule has 5 aromatic rings. The fraction of sp³-hybridized carbons (Fsp3) is 0.375. The Morgan fingerprint density at radius 3 is 2.40 bits per heavy atom. The van der Waals surface area contributed by atoms with Gasteiger partial charge in [-0.2, -0.15) is 10.2 Å².